The molecule has 3 N–H and O–H groups in total. The largest absolute Gasteiger partial charge is 0.426 e. The number of esters is 1. The van der Waals surface area contributed by atoms with Crippen molar-refractivity contribution in [3.05, 3.63) is 101 Å². The number of carbonyl (C=O) groups excluding carboxylic acids is 4. The zero-order chi connectivity index (χ0) is 33.0. The van der Waals surface area contributed by atoms with E-state index in [-0.39, 0.29) is 35.6 Å². The van der Waals surface area contributed by atoms with Gasteiger partial charge < -0.3 is 25.4 Å². The zero-order valence-corrected chi connectivity index (χ0v) is 27.4. The normalized spacial score (nSPS) is 19.8. The van der Waals surface area contributed by atoms with Gasteiger partial charge >= 0.3 is 5.97 Å². The standard InChI is InChI=1S/C36H41N3O6S/c1-22-26(17-11-19-30(22)45-23(2)40)33(42)38-29(20-24-12-6-5-7-13-24)31(41)35(44)39-21-46-36(3,4)32(39)34(43)37-28-18-10-15-25-14-8-9-16-27(25)28/h5-9,11-14,16-17,19,28-29,31-32,41H,10,15,18,20-21H2,1-4H3,(H,37,43)(H,38,42)/t28-,29-,31-,32+/m0/s1. The van der Waals surface area contributed by atoms with Crippen LogP contribution < -0.4 is 15.4 Å². The number of fused-ring (bicyclic) bond motifs is 1. The predicted molar refractivity (Wildman–Crippen MR) is 177 cm³/mol. The van der Waals surface area contributed by atoms with Gasteiger partial charge in [-0.3, -0.25) is 19.2 Å². The SMILES string of the molecule is CC(=O)Oc1cccc(C(=O)N[C@@H](Cc2ccccc2)[C@H](O)C(=O)N2CSC(C)(C)[C@H]2C(=O)N[C@H]2CCCc3ccccc32)c1C. The Hall–Kier alpha value is -4.15. The van der Waals surface area contributed by atoms with E-state index in [1.165, 1.54) is 29.1 Å². The highest BCUT2D eigenvalue weighted by Gasteiger charge is 2.50. The molecule has 2 aliphatic rings. The molecule has 1 heterocycles. The first kappa shape index (κ1) is 33.2. The van der Waals surface area contributed by atoms with E-state index in [2.05, 4.69) is 16.7 Å². The first-order valence-corrected chi connectivity index (χ1v) is 16.6. The molecule has 0 bridgehead atoms. The van der Waals surface area contributed by atoms with Crippen LogP contribution in [-0.4, -0.2) is 62.5 Å². The quantitative estimate of drug-likeness (QED) is 0.232. The summed E-state index contributed by atoms with van der Waals surface area (Å²) in [5.74, 6) is -1.46. The van der Waals surface area contributed by atoms with E-state index in [0.29, 0.717) is 5.56 Å². The smallest absolute Gasteiger partial charge is 0.308 e. The number of ether oxygens (including phenoxy) is 1. The van der Waals surface area contributed by atoms with Crippen LogP contribution in [0.4, 0.5) is 0 Å². The molecule has 3 amide bonds. The molecule has 0 aromatic heterocycles. The summed E-state index contributed by atoms with van der Waals surface area (Å²) in [6, 6.07) is 20.2. The number of aliphatic hydroxyl groups is 1. The summed E-state index contributed by atoms with van der Waals surface area (Å²) in [6.07, 6.45) is 1.26. The van der Waals surface area contributed by atoms with Crippen LogP contribution in [0.15, 0.2) is 72.8 Å². The molecular weight excluding hydrogens is 602 g/mol. The van der Waals surface area contributed by atoms with Gasteiger partial charge in [0.05, 0.1) is 18.0 Å². The van der Waals surface area contributed by atoms with Crippen LogP contribution in [0.2, 0.25) is 0 Å². The van der Waals surface area contributed by atoms with Crippen LogP contribution in [0.1, 0.15) is 72.3 Å². The number of nitrogens with zero attached hydrogens (tertiary/aromatic N) is 1. The van der Waals surface area contributed by atoms with E-state index in [0.717, 1.165) is 30.4 Å². The Morgan fingerprint density at radius 2 is 1.74 bits per heavy atom. The number of nitrogens with one attached hydrogen (secondary N) is 2. The van der Waals surface area contributed by atoms with Gasteiger partial charge in [-0.1, -0.05) is 60.7 Å². The lowest BCUT2D eigenvalue weighted by Gasteiger charge is -2.35. The Balaban J connectivity index is 1.38. The van der Waals surface area contributed by atoms with Gasteiger partial charge in [0.15, 0.2) is 6.10 Å². The highest BCUT2D eigenvalue weighted by molar-refractivity contribution is 8.00. The average molecular weight is 644 g/mol. The summed E-state index contributed by atoms with van der Waals surface area (Å²) < 4.78 is 4.64. The molecule has 1 fully saturated rings. The third-order valence-electron chi connectivity index (χ3n) is 8.79. The van der Waals surface area contributed by atoms with Crippen molar-refractivity contribution in [3.8, 4) is 5.75 Å². The Morgan fingerprint density at radius 3 is 2.48 bits per heavy atom. The number of amides is 3. The summed E-state index contributed by atoms with van der Waals surface area (Å²) in [5.41, 5.74) is 3.83. The molecule has 0 unspecified atom stereocenters. The Morgan fingerprint density at radius 1 is 1.02 bits per heavy atom. The molecule has 1 aliphatic heterocycles. The van der Waals surface area contributed by atoms with Crippen molar-refractivity contribution in [2.24, 2.45) is 0 Å². The van der Waals surface area contributed by atoms with E-state index in [4.69, 9.17) is 4.74 Å². The van der Waals surface area contributed by atoms with Crippen molar-refractivity contribution in [2.75, 3.05) is 5.88 Å². The first-order valence-electron chi connectivity index (χ1n) is 15.6. The van der Waals surface area contributed by atoms with E-state index < -0.39 is 40.7 Å². The molecule has 46 heavy (non-hydrogen) atoms. The third-order valence-corrected chi connectivity index (χ3v) is 10.2. The maximum atomic E-state index is 14.1. The number of benzene rings is 3. The molecular formula is C36H41N3O6S. The highest BCUT2D eigenvalue weighted by Crippen LogP contribution is 2.40. The van der Waals surface area contributed by atoms with Gasteiger partial charge in [0, 0.05) is 22.8 Å². The third kappa shape index (κ3) is 7.29. The maximum Gasteiger partial charge on any atom is 0.308 e. The van der Waals surface area contributed by atoms with Crippen molar-refractivity contribution in [1.82, 2.24) is 15.5 Å². The molecule has 10 heteroatoms. The van der Waals surface area contributed by atoms with Crippen molar-refractivity contribution in [3.63, 3.8) is 0 Å². The summed E-state index contributed by atoms with van der Waals surface area (Å²) in [7, 11) is 0. The van der Waals surface area contributed by atoms with Crippen molar-refractivity contribution >= 4 is 35.5 Å². The number of aliphatic hydroxyl groups excluding tert-OH is 1. The first-order chi connectivity index (χ1) is 22.0. The number of rotatable bonds is 9. The van der Waals surface area contributed by atoms with Crippen LogP contribution in [0, 0.1) is 6.92 Å². The lowest BCUT2D eigenvalue weighted by Crippen LogP contribution is -2.59. The fourth-order valence-electron chi connectivity index (χ4n) is 6.39. The average Bonchev–Trinajstić information content (AvgIpc) is 3.36. The minimum absolute atomic E-state index is 0.156. The number of thioether (sulfide) groups is 1. The second kappa shape index (κ2) is 14.1. The summed E-state index contributed by atoms with van der Waals surface area (Å²) in [5, 5.41) is 17.7. The molecule has 1 aliphatic carbocycles. The maximum absolute atomic E-state index is 14.1. The topological polar surface area (TPSA) is 125 Å². The van der Waals surface area contributed by atoms with Crippen LogP contribution >= 0.6 is 11.8 Å². The molecule has 9 nitrogen and oxygen atoms in total. The summed E-state index contributed by atoms with van der Waals surface area (Å²) in [4.78, 5) is 54.7. The van der Waals surface area contributed by atoms with Gasteiger partial charge in [0.2, 0.25) is 5.91 Å². The van der Waals surface area contributed by atoms with Crippen molar-refractivity contribution in [2.45, 2.75) is 82.4 Å². The van der Waals surface area contributed by atoms with Gasteiger partial charge in [0.25, 0.3) is 11.8 Å². The number of hydrogen-bond donors (Lipinski definition) is 3. The van der Waals surface area contributed by atoms with Crippen LogP contribution in [0.5, 0.6) is 5.75 Å². The summed E-state index contributed by atoms with van der Waals surface area (Å²) >= 11 is 1.48. The lowest BCUT2D eigenvalue weighted by atomic mass is 9.87. The second-order valence-electron chi connectivity index (χ2n) is 12.5. The van der Waals surface area contributed by atoms with Crippen LogP contribution in [-0.2, 0) is 27.2 Å². The van der Waals surface area contributed by atoms with Crippen LogP contribution in [0.3, 0.4) is 0 Å². The fourth-order valence-corrected chi connectivity index (χ4v) is 7.53. The minimum Gasteiger partial charge on any atom is -0.426 e. The van der Waals surface area contributed by atoms with E-state index in [9.17, 15) is 24.3 Å². The molecule has 0 radical (unpaired) electrons. The summed E-state index contributed by atoms with van der Waals surface area (Å²) in [6.45, 7) is 6.80. The molecule has 1 saturated heterocycles. The molecule has 3 aromatic carbocycles. The monoisotopic (exact) mass is 643 g/mol. The lowest BCUT2D eigenvalue weighted by molar-refractivity contribution is -0.147. The minimum atomic E-state index is -1.64. The number of hydrogen-bond acceptors (Lipinski definition) is 7. The van der Waals surface area contributed by atoms with E-state index in [1.807, 2.05) is 62.4 Å². The second-order valence-corrected chi connectivity index (χ2v) is 14.1. The molecule has 0 saturated carbocycles. The number of carbonyl (C=O) groups is 4. The van der Waals surface area contributed by atoms with E-state index >= 15 is 0 Å². The van der Waals surface area contributed by atoms with Gasteiger partial charge in [-0.2, -0.15) is 0 Å². The Labute approximate surface area is 274 Å². The molecule has 242 valence electrons. The Bertz CT molecular complexity index is 1610. The predicted octanol–water partition coefficient (Wildman–Crippen LogP) is 4.50. The van der Waals surface area contributed by atoms with Crippen LogP contribution in [0.25, 0.3) is 0 Å². The van der Waals surface area contributed by atoms with Gasteiger partial charge in [-0.05, 0) is 75.3 Å². The number of aryl methyl sites for hydroxylation is 1. The molecule has 5 rings (SSSR count). The van der Waals surface area contributed by atoms with Crippen molar-refractivity contribution in [1.29, 1.82) is 0 Å². The van der Waals surface area contributed by atoms with Gasteiger partial charge in [-0.15, -0.1) is 11.8 Å². The molecule has 4 atom stereocenters. The fraction of sp³-hybridized carbons (Fsp3) is 0.389. The van der Waals surface area contributed by atoms with Gasteiger partial charge in [0.1, 0.15) is 11.8 Å². The van der Waals surface area contributed by atoms with E-state index in [1.54, 1.807) is 25.1 Å². The zero-order valence-electron chi connectivity index (χ0n) is 26.6. The van der Waals surface area contributed by atoms with Gasteiger partial charge in [-0.25, -0.2) is 0 Å². The molecule has 0 spiro atoms. The van der Waals surface area contributed by atoms with Crippen molar-refractivity contribution < 1.29 is 29.0 Å². The molecule has 3 aromatic rings. The Kier molecular flexibility index (Phi) is 10.2. The highest BCUT2D eigenvalue weighted by atomic mass is 32.2.